The molecule has 0 saturated carbocycles. The van der Waals surface area contributed by atoms with Crippen molar-refractivity contribution < 1.29 is 33.8 Å². The van der Waals surface area contributed by atoms with Crippen LogP contribution in [0.1, 0.15) is 40.2 Å². The highest BCUT2D eigenvalue weighted by Gasteiger charge is 2.29. The fourth-order valence-corrected chi connectivity index (χ4v) is 3.48. The molecule has 1 aromatic carbocycles. The predicted octanol–water partition coefficient (Wildman–Crippen LogP) is 2.76. The molecule has 4 N–H and O–H groups in total. The maximum absolute atomic E-state index is 12.7. The number of ether oxygens (including phenoxy) is 2. The number of aliphatic carboxylic acids is 1. The van der Waals surface area contributed by atoms with Crippen LogP contribution in [0.15, 0.2) is 30.3 Å². The number of hydrogen-bond acceptors (Lipinski definition) is 7. The zero-order valence-electron chi connectivity index (χ0n) is 20.3. The molecule has 2 atom stereocenters. The van der Waals surface area contributed by atoms with Crippen LogP contribution >= 0.6 is 11.8 Å². The molecular weight excluding hydrogens is 462 g/mol. The van der Waals surface area contributed by atoms with E-state index in [1.54, 1.807) is 46.8 Å². The molecule has 0 saturated heterocycles. The van der Waals surface area contributed by atoms with Crippen LogP contribution in [0.5, 0.6) is 0 Å². The van der Waals surface area contributed by atoms with Crippen LogP contribution in [0.4, 0.5) is 9.59 Å². The summed E-state index contributed by atoms with van der Waals surface area (Å²) in [5, 5.41) is 17.0. The number of thioether (sulfide) groups is 1. The Balaban J connectivity index is 2.50. The SMILES string of the molecule is CC(C)[C@H](NC(=O)OCc1ccccc1)C(=O)N[C@@H](CSCCNC(=O)OC(C)(C)C)C(=O)O. The summed E-state index contributed by atoms with van der Waals surface area (Å²) in [5.74, 6) is -1.61. The van der Waals surface area contributed by atoms with Gasteiger partial charge in [-0.05, 0) is 32.3 Å². The molecule has 0 aliphatic rings. The van der Waals surface area contributed by atoms with Gasteiger partial charge < -0.3 is 30.5 Å². The molecule has 0 unspecified atom stereocenters. The van der Waals surface area contributed by atoms with Gasteiger partial charge in [0.05, 0.1) is 0 Å². The summed E-state index contributed by atoms with van der Waals surface area (Å²) in [6, 6.07) is 6.96. The first-order chi connectivity index (χ1) is 15.9. The topological polar surface area (TPSA) is 143 Å². The Morgan fingerprint density at radius 1 is 1.03 bits per heavy atom. The largest absolute Gasteiger partial charge is 0.480 e. The maximum atomic E-state index is 12.7. The lowest BCUT2D eigenvalue weighted by Gasteiger charge is -2.23. The van der Waals surface area contributed by atoms with Gasteiger partial charge in [0.25, 0.3) is 0 Å². The first kappa shape index (κ1) is 29.1. The van der Waals surface area contributed by atoms with Crippen LogP contribution in [0.25, 0.3) is 0 Å². The Morgan fingerprint density at radius 3 is 2.24 bits per heavy atom. The van der Waals surface area contributed by atoms with Crippen molar-refractivity contribution in [2.75, 3.05) is 18.1 Å². The van der Waals surface area contributed by atoms with E-state index in [9.17, 15) is 24.3 Å². The molecule has 190 valence electrons. The lowest BCUT2D eigenvalue weighted by atomic mass is 10.0. The van der Waals surface area contributed by atoms with Crippen molar-refractivity contribution in [3.05, 3.63) is 35.9 Å². The molecule has 0 radical (unpaired) electrons. The van der Waals surface area contributed by atoms with E-state index in [-0.39, 0.29) is 24.8 Å². The number of nitrogens with one attached hydrogen (secondary N) is 3. The van der Waals surface area contributed by atoms with Crippen molar-refractivity contribution in [2.45, 2.75) is 58.9 Å². The second-order valence-electron chi connectivity index (χ2n) is 8.83. The van der Waals surface area contributed by atoms with E-state index < -0.39 is 41.7 Å². The molecule has 0 heterocycles. The van der Waals surface area contributed by atoms with Gasteiger partial charge in [-0.2, -0.15) is 11.8 Å². The highest BCUT2D eigenvalue weighted by atomic mass is 32.2. The first-order valence-electron chi connectivity index (χ1n) is 10.9. The molecule has 0 aliphatic carbocycles. The van der Waals surface area contributed by atoms with Gasteiger partial charge in [-0.1, -0.05) is 44.2 Å². The van der Waals surface area contributed by atoms with Crippen molar-refractivity contribution in [1.82, 2.24) is 16.0 Å². The van der Waals surface area contributed by atoms with Gasteiger partial charge in [0.2, 0.25) is 5.91 Å². The Kier molecular flexibility index (Phi) is 12.3. The van der Waals surface area contributed by atoms with Crippen molar-refractivity contribution in [3.8, 4) is 0 Å². The highest BCUT2D eigenvalue weighted by molar-refractivity contribution is 7.99. The lowest BCUT2D eigenvalue weighted by molar-refractivity contribution is -0.141. The van der Waals surface area contributed by atoms with E-state index in [0.29, 0.717) is 5.75 Å². The fraction of sp³-hybridized carbons (Fsp3) is 0.565. The van der Waals surface area contributed by atoms with E-state index in [1.165, 1.54) is 11.8 Å². The van der Waals surface area contributed by atoms with Crippen LogP contribution in [-0.4, -0.2) is 64.9 Å². The molecule has 0 aliphatic heterocycles. The molecule has 10 nitrogen and oxygen atoms in total. The lowest BCUT2D eigenvalue weighted by Crippen LogP contribution is -2.54. The zero-order chi connectivity index (χ0) is 25.7. The number of benzene rings is 1. The molecule has 1 rings (SSSR count). The van der Waals surface area contributed by atoms with Crippen molar-refractivity contribution in [1.29, 1.82) is 0 Å². The Labute approximate surface area is 204 Å². The minimum Gasteiger partial charge on any atom is -0.480 e. The van der Waals surface area contributed by atoms with Crippen molar-refractivity contribution >= 4 is 35.8 Å². The number of carboxylic acid groups (broad SMARTS) is 1. The monoisotopic (exact) mass is 497 g/mol. The number of carbonyl (C=O) groups is 4. The molecule has 0 aromatic heterocycles. The molecule has 0 fully saturated rings. The van der Waals surface area contributed by atoms with Gasteiger partial charge in [-0.3, -0.25) is 4.79 Å². The van der Waals surface area contributed by atoms with Crippen LogP contribution in [0.2, 0.25) is 0 Å². The fourth-order valence-electron chi connectivity index (χ4n) is 2.60. The Bertz CT molecular complexity index is 813. The van der Waals surface area contributed by atoms with Crippen molar-refractivity contribution in [2.24, 2.45) is 5.92 Å². The Morgan fingerprint density at radius 2 is 1.68 bits per heavy atom. The number of amides is 3. The summed E-state index contributed by atoms with van der Waals surface area (Å²) >= 11 is 1.25. The number of carbonyl (C=O) groups excluding carboxylic acids is 3. The van der Waals surface area contributed by atoms with Gasteiger partial charge in [0.1, 0.15) is 24.3 Å². The number of hydrogen-bond donors (Lipinski definition) is 4. The van der Waals surface area contributed by atoms with Crippen LogP contribution in [-0.2, 0) is 25.7 Å². The summed E-state index contributed by atoms with van der Waals surface area (Å²) < 4.78 is 10.3. The Hall–Kier alpha value is -2.95. The van der Waals surface area contributed by atoms with E-state index >= 15 is 0 Å². The maximum Gasteiger partial charge on any atom is 0.408 e. The summed E-state index contributed by atoms with van der Waals surface area (Å²) in [5.41, 5.74) is 0.192. The quantitative estimate of drug-likeness (QED) is 0.323. The van der Waals surface area contributed by atoms with Crippen LogP contribution in [0.3, 0.4) is 0 Å². The van der Waals surface area contributed by atoms with Crippen molar-refractivity contribution in [3.63, 3.8) is 0 Å². The summed E-state index contributed by atoms with van der Waals surface area (Å²) in [6.45, 7) is 9.05. The smallest absolute Gasteiger partial charge is 0.408 e. The standard InChI is InChI=1S/C23H35N3O7S/c1-15(2)18(26-22(31)32-13-16-9-7-6-8-10-16)19(27)25-17(20(28)29)14-34-12-11-24-21(30)33-23(3,4)5/h6-10,15,17-18H,11-14H2,1-5H3,(H,24,30)(H,25,27)(H,26,31)(H,28,29)/t17-,18-/m0/s1. The van der Waals surface area contributed by atoms with E-state index in [0.717, 1.165) is 5.56 Å². The molecule has 34 heavy (non-hydrogen) atoms. The second kappa shape index (κ2) is 14.3. The van der Waals surface area contributed by atoms with Gasteiger partial charge in [0, 0.05) is 18.1 Å². The minimum absolute atomic E-state index is 0.0465. The van der Waals surface area contributed by atoms with Gasteiger partial charge in [0.15, 0.2) is 0 Å². The molecule has 0 spiro atoms. The summed E-state index contributed by atoms with van der Waals surface area (Å²) in [4.78, 5) is 48.1. The molecular formula is C23H35N3O7S. The minimum atomic E-state index is -1.20. The van der Waals surface area contributed by atoms with Crippen LogP contribution in [0, 0.1) is 5.92 Å². The van der Waals surface area contributed by atoms with Gasteiger partial charge in [-0.15, -0.1) is 0 Å². The van der Waals surface area contributed by atoms with E-state index in [2.05, 4.69) is 16.0 Å². The van der Waals surface area contributed by atoms with E-state index in [1.807, 2.05) is 18.2 Å². The number of carboxylic acids is 1. The third-order valence-electron chi connectivity index (χ3n) is 4.25. The normalized spacial score (nSPS) is 12.9. The molecule has 3 amide bonds. The van der Waals surface area contributed by atoms with Gasteiger partial charge >= 0.3 is 18.2 Å². The zero-order valence-corrected chi connectivity index (χ0v) is 21.1. The molecule has 11 heteroatoms. The first-order valence-corrected chi connectivity index (χ1v) is 12.1. The van der Waals surface area contributed by atoms with Gasteiger partial charge in [-0.25, -0.2) is 14.4 Å². The third-order valence-corrected chi connectivity index (χ3v) is 5.31. The predicted molar refractivity (Wildman–Crippen MR) is 130 cm³/mol. The van der Waals surface area contributed by atoms with E-state index in [4.69, 9.17) is 9.47 Å². The average Bonchev–Trinajstić information content (AvgIpc) is 2.74. The summed E-state index contributed by atoms with van der Waals surface area (Å²) in [6.07, 6.45) is -1.33. The third kappa shape index (κ3) is 12.3. The second-order valence-corrected chi connectivity index (χ2v) is 9.98. The number of alkyl carbamates (subject to hydrolysis) is 2. The number of rotatable bonds is 12. The highest BCUT2D eigenvalue weighted by Crippen LogP contribution is 2.09. The average molecular weight is 498 g/mol. The van der Waals surface area contributed by atoms with Crippen LogP contribution < -0.4 is 16.0 Å². The molecule has 1 aromatic rings. The molecule has 0 bridgehead atoms. The summed E-state index contributed by atoms with van der Waals surface area (Å²) in [7, 11) is 0.